The van der Waals surface area contributed by atoms with Crippen molar-refractivity contribution in [3.8, 4) is 0 Å². The Bertz CT molecular complexity index is 525. The van der Waals surface area contributed by atoms with Crippen LogP contribution in [0.4, 0.5) is 0 Å². The van der Waals surface area contributed by atoms with Crippen molar-refractivity contribution in [3.05, 3.63) is 35.4 Å². The Morgan fingerprint density at radius 1 is 1.23 bits per heavy atom. The van der Waals surface area contributed by atoms with Gasteiger partial charge in [0.25, 0.3) is 0 Å². The van der Waals surface area contributed by atoms with Gasteiger partial charge >= 0.3 is 0 Å². The van der Waals surface area contributed by atoms with Crippen LogP contribution in [-0.2, 0) is 9.47 Å². The largest absolute Gasteiger partial charge is 0.381 e. The molecule has 0 aromatic heterocycles. The number of aliphatic imine (C=N–C) groups is 1. The van der Waals surface area contributed by atoms with E-state index in [1.165, 1.54) is 11.1 Å². The minimum Gasteiger partial charge on any atom is -0.381 e. The van der Waals surface area contributed by atoms with E-state index in [4.69, 9.17) is 9.47 Å². The SMILES string of the molecule is CN=C(NCCCOCC1CCOCC1)NCC(C)c1ccc(C)cc1. The molecule has 26 heavy (non-hydrogen) atoms. The highest BCUT2D eigenvalue weighted by Crippen LogP contribution is 2.15. The minimum absolute atomic E-state index is 0.442. The number of aryl methyl sites for hydroxylation is 1. The van der Waals surface area contributed by atoms with Gasteiger partial charge in [-0.25, -0.2) is 0 Å². The zero-order valence-electron chi connectivity index (χ0n) is 16.6. The third-order valence-corrected chi connectivity index (χ3v) is 4.90. The number of ether oxygens (including phenoxy) is 2. The van der Waals surface area contributed by atoms with E-state index in [0.29, 0.717) is 11.8 Å². The van der Waals surface area contributed by atoms with Gasteiger partial charge in [0.05, 0.1) is 0 Å². The highest BCUT2D eigenvalue weighted by atomic mass is 16.5. The van der Waals surface area contributed by atoms with Crippen LogP contribution < -0.4 is 10.6 Å². The molecule has 1 saturated heterocycles. The van der Waals surface area contributed by atoms with Gasteiger partial charge in [0.1, 0.15) is 0 Å². The molecule has 0 bridgehead atoms. The first-order valence-corrected chi connectivity index (χ1v) is 9.85. The lowest BCUT2D eigenvalue weighted by molar-refractivity contribution is 0.0203. The molecule has 1 atom stereocenters. The molecule has 2 N–H and O–H groups in total. The van der Waals surface area contributed by atoms with Crippen LogP contribution in [0.1, 0.15) is 43.2 Å². The van der Waals surface area contributed by atoms with Gasteiger partial charge in [-0.2, -0.15) is 0 Å². The summed E-state index contributed by atoms with van der Waals surface area (Å²) in [5.41, 5.74) is 2.64. The number of guanidine groups is 1. The van der Waals surface area contributed by atoms with Crippen molar-refractivity contribution >= 4 is 5.96 Å². The molecule has 1 aliphatic heterocycles. The van der Waals surface area contributed by atoms with E-state index in [1.807, 2.05) is 7.05 Å². The monoisotopic (exact) mass is 361 g/mol. The molecule has 146 valence electrons. The molecule has 5 nitrogen and oxygen atoms in total. The van der Waals surface area contributed by atoms with E-state index in [0.717, 1.165) is 64.7 Å². The van der Waals surface area contributed by atoms with E-state index in [9.17, 15) is 0 Å². The Balaban J connectivity index is 1.55. The lowest BCUT2D eigenvalue weighted by Crippen LogP contribution is -2.39. The van der Waals surface area contributed by atoms with Crippen molar-refractivity contribution in [2.24, 2.45) is 10.9 Å². The van der Waals surface area contributed by atoms with Crippen molar-refractivity contribution in [1.29, 1.82) is 0 Å². The molecule has 2 rings (SSSR count). The topological polar surface area (TPSA) is 54.9 Å². The van der Waals surface area contributed by atoms with E-state index >= 15 is 0 Å². The Morgan fingerprint density at radius 3 is 2.65 bits per heavy atom. The predicted molar refractivity (Wildman–Crippen MR) is 108 cm³/mol. The summed E-state index contributed by atoms with van der Waals surface area (Å²) in [4.78, 5) is 4.30. The van der Waals surface area contributed by atoms with Gasteiger partial charge in [0.15, 0.2) is 5.96 Å². The summed E-state index contributed by atoms with van der Waals surface area (Å²) < 4.78 is 11.2. The Hall–Kier alpha value is -1.59. The fraction of sp³-hybridized carbons (Fsp3) is 0.667. The summed E-state index contributed by atoms with van der Waals surface area (Å²) in [5.74, 6) is 1.97. The van der Waals surface area contributed by atoms with Crippen molar-refractivity contribution in [2.45, 2.75) is 39.0 Å². The third kappa shape index (κ3) is 7.75. The molecule has 1 fully saturated rings. The van der Waals surface area contributed by atoms with Crippen LogP contribution in [0.15, 0.2) is 29.3 Å². The Labute approximate surface area is 158 Å². The van der Waals surface area contributed by atoms with E-state index in [-0.39, 0.29) is 0 Å². The van der Waals surface area contributed by atoms with E-state index in [1.54, 1.807) is 0 Å². The molecule has 0 amide bonds. The molecule has 1 heterocycles. The fourth-order valence-corrected chi connectivity index (χ4v) is 3.03. The zero-order chi connectivity index (χ0) is 18.6. The maximum Gasteiger partial charge on any atom is 0.190 e. The normalized spacial score (nSPS) is 17.1. The molecular formula is C21H35N3O2. The Morgan fingerprint density at radius 2 is 1.96 bits per heavy atom. The minimum atomic E-state index is 0.442. The summed E-state index contributed by atoms with van der Waals surface area (Å²) in [5, 5.41) is 6.77. The smallest absolute Gasteiger partial charge is 0.190 e. The maximum absolute atomic E-state index is 5.80. The summed E-state index contributed by atoms with van der Waals surface area (Å²) in [7, 11) is 1.81. The number of nitrogens with zero attached hydrogens (tertiary/aromatic N) is 1. The number of rotatable bonds is 9. The van der Waals surface area contributed by atoms with Gasteiger partial charge in [-0.3, -0.25) is 4.99 Å². The van der Waals surface area contributed by atoms with Gasteiger partial charge < -0.3 is 20.1 Å². The van der Waals surface area contributed by atoms with Crippen LogP contribution >= 0.6 is 0 Å². The summed E-state index contributed by atoms with van der Waals surface area (Å²) in [6.07, 6.45) is 3.25. The summed E-state index contributed by atoms with van der Waals surface area (Å²) >= 11 is 0. The highest BCUT2D eigenvalue weighted by molar-refractivity contribution is 5.79. The molecule has 0 radical (unpaired) electrons. The molecule has 1 aromatic rings. The van der Waals surface area contributed by atoms with Crippen LogP contribution in [0.2, 0.25) is 0 Å². The fourth-order valence-electron chi connectivity index (χ4n) is 3.03. The first-order valence-electron chi connectivity index (χ1n) is 9.85. The summed E-state index contributed by atoms with van der Waals surface area (Å²) in [6, 6.07) is 8.74. The van der Waals surface area contributed by atoms with Gasteiger partial charge in [-0.15, -0.1) is 0 Å². The second-order valence-corrected chi connectivity index (χ2v) is 7.18. The quantitative estimate of drug-likeness (QED) is 0.403. The Kier molecular flexibility index (Phi) is 9.50. The molecule has 1 aliphatic rings. The molecule has 0 saturated carbocycles. The standard InChI is InChI=1S/C21H35N3O2/c1-17-5-7-20(8-6-17)18(2)15-24-21(22-3)23-11-4-12-26-16-19-9-13-25-14-10-19/h5-8,18-19H,4,9-16H2,1-3H3,(H2,22,23,24). The number of hydrogen-bond acceptors (Lipinski definition) is 3. The molecular weight excluding hydrogens is 326 g/mol. The lowest BCUT2D eigenvalue weighted by atomic mass is 10.0. The molecule has 0 aliphatic carbocycles. The van der Waals surface area contributed by atoms with Crippen LogP contribution in [0, 0.1) is 12.8 Å². The zero-order valence-corrected chi connectivity index (χ0v) is 16.6. The van der Waals surface area contributed by atoms with Crippen molar-refractivity contribution in [1.82, 2.24) is 10.6 Å². The van der Waals surface area contributed by atoms with Crippen LogP contribution in [0.5, 0.6) is 0 Å². The first-order chi connectivity index (χ1) is 12.7. The van der Waals surface area contributed by atoms with Gasteiger partial charge in [0, 0.05) is 46.6 Å². The average Bonchev–Trinajstić information content (AvgIpc) is 2.68. The molecule has 0 spiro atoms. The number of nitrogens with one attached hydrogen (secondary N) is 2. The average molecular weight is 362 g/mol. The van der Waals surface area contributed by atoms with Gasteiger partial charge in [-0.05, 0) is 43.6 Å². The number of benzene rings is 1. The van der Waals surface area contributed by atoms with Crippen LogP contribution in [-0.4, -0.2) is 52.5 Å². The van der Waals surface area contributed by atoms with Crippen molar-refractivity contribution in [3.63, 3.8) is 0 Å². The maximum atomic E-state index is 5.80. The third-order valence-electron chi connectivity index (χ3n) is 4.90. The van der Waals surface area contributed by atoms with E-state index in [2.05, 4.69) is 53.7 Å². The molecule has 1 aromatic carbocycles. The molecule has 5 heteroatoms. The molecule has 1 unspecified atom stereocenters. The van der Waals surface area contributed by atoms with Crippen LogP contribution in [0.3, 0.4) is 0 Å². The van der Waals surface area contributed by atoms with Crippen molar-refractivity contribution < 1.29 is 9.47 Å². The summed E-state index contributed by atoms with van der Waals surface area (Å²) in [6.45, 7) is 9.51. The van der Waals surface area contributed by atoms with Crippen molar-refractivity contribution in [2.75, 3.05) is 46.6 Å². The second-order valence-electron chi connectivity index (χ2n) is 7.18. The second kappa shape index (κ2) is 11.9. The lowest BCUT2D eigenvalue weighted by Gasteiger charge is -2.21. The van der Waals surface area contributed by atoms with Gasteiger partial charge in [-0.1, -0.05) is 36.8 Å². The predicted octanol–water partition coefficient (Wildman–Crippen LogP) is 3.10. The number of hydrogen-bond donors (Lipinski definition) is 2. The van der Waals surface area contributed by atoms with Crippen LogP contribution in [0.25, 0.3) is 0 Å². The highest BCUT2D eigenvalue weighted by Gasteiger charge is 2.13. The first kappa shape index (κ1) is 20.7. The van der Waals surface area contributed by atoms with E-state index < -0.39 is 0 Å². The van der Waals surface area contributed by atoms with Gasteiger partial charge in [0.2, 0.25) is 0 Å².